The Hall–Kier alpha value is -2.66. The molecule has 5 heteroatoms. The number of hydrogen-bond donors (Lipinski definition) is 2. The van der Waals surface area contributed by atoms with Gasteiger partial charge in [0.2, 0.25) is 11.8 Å². The maximum Gasteiger partial charge on any atom is 0.237 e. The van der Waals surface area contributed by atoms with Gasteiger partial charge < -0.3 is 10.6 Å². The van der Waals surface area contributed by atoms with Crippen LogP contribution in [0.5, 0.6) is 0 Å². The van der Waals surface area contributed by atoms with Crippen LogP contribution in [0.4, 0.5) is 0 Å². The maximum atomic E-state index is 12.9. The average Bonchev–Trinajstić information content (AvgIpc) is 2.98. The van der Waals surface area contributed by atoms with Gasteiger partial charge in [0.05, 0.1) is 18.5 Å². The van der Waals surface area contributed by atoms with Crippen LogP contribution in [-0.4, -0.2) is 42.4 Å². The van der Waals surface area contributed by atoms with Gasteiger partial charge in [0.1, 0.15) is 0 Å². The molecule has 4 rings (SSSR count). The fourth-order valence-corrected chi connectivity index (χ4v) is 4.38. The second-order valence-electron chi connectivity index (χ2n) is 8.07. The molecule has 0 saturated carbocycles. The molecule has 1 aliphatic carbocycles. The third kappa shape index (κ3) is 3.54. The molecule has 1 heterocycles. The summed E-state index contributed by atoms with van der Waals surface area (Å²) in [6.07, 6.45) is 0.180. The largest absolute Gasteiger partial charge is 0.353 e. The molecule has 2 aromatic rings. The molecular formula is C23H27N3O2. The van der Waals surface area contributed by atoms with Crippen LogP contribution < -0.4 is 10.6 Å². The molecule has 2 N–H and O–H groups in total. The van der Waals surface area contributed by atoms with E-state index >= 15 is 0 Å². The van der Waals surface area contributed by atoms with E-state index in [-0.39, 0.29) is 24.3 Å². The lowest BCUT2D eigenvalue weighted by Crippen LogP contribution is -2.57. The van der Waals surface area contributed by atoms with Crippen molar-refractivity contribution in [2.24, 2.45) is 5.92 Å². The monoisotopic (exact) mass is 377 g/mol. The predicted molar refractivity (Wildman–Crippen MR) is 110 cm³/mol. The van der Waals surface area contributed by atoms with Gasteiger partial charge in [-0.25, -0.2) is 0 Å². The zero-order valence-corrected chi connectivity index (χ0v) is 16.4. The molecule has 2 aliphatic rings. The minimum Gasteiger partial charge on any atom is -0.353 e. The minimum atomic E-state index is -0.400. The van der Waals surface area contributed by atoms with Crippen LogP contribution in [0.25, 0.3) is 11.1 Å². The van der Waals surface area contributed by atoms with Crippen molar-refractivity contribution in [3.05, 3.63) is 59.7 Å². The second-order valence-corrected chi connectivity index (χ2v) is 8.07. The number of rotatable bonds is 5. The van der Waals surface area contributed by atoms with Crippen molar-refractivity contribution in [2.75, 3.05) is 19.6 Å². The molecule has 1 unspecified atom stereocenters. The van der Waals surface area contributed by atoms with E-state index in [0.29, 0.717) is 12.5 Å². The van der Waals surface area contributed by atoms with Crippen LogP contribution in [0.15, 0.2) is 48.5 Å². The fraction of sp³-hybridized carbons (Fsp3) is 0.391. The van der Waals surface area contributed by atoms with Gasteiger partial charge in [0.15, 0.2) is 0 Å². The van der Waals surface area contributed by atoms with Crippen molar-refractivity contribution in [3.8, 4) is 11.1 Å². The Labute approximate surface area is 166 Å². The molecule has 0 aromatic heterocycles. The highest BCUT2D eigenvalue weighted by molar-refractivity contribution is 5.90. The van der Waals surface area contributed by atoms with Gasteiger partial charge in [-0.2, -0.15) is 0 Å². The van der Waals surface area contributed by atoms with Crippen molar-refractivity contribution >= 4 is 11.8 Å². The summed E-state index contributed by atoms with van der Waals surface area (Å²) >= 11 is 0. The summed E-state index contributed by atoms with van der Waals surface area (Å²) in [5.41, 5.74) is 4.56. The molecule has 2 aromatic carbocycles. The number of nitrogens with one attached hydrogen (secondary N) is 2. The van der Waals surface area contributed by atoms with Crippen LogP contribution in [0, 0.1) is 5.92 Å². The molecule has 1 aliphatic heterocycles. The summed E-state index contributed by atoms with van der Waals surface area (Å²) in [5.74, 6) is 0.312. The summed E-state index contributed by atoms with van der Waals surface area (Å²) in [5, 5.41) is 6.09. The number of amides is 2. The zero-order chi connectivity index (χ0) is 19.7. The molecule has 0 bridgehead atoms. The minimum absolute atomic E-state index is 0.0470. The molecule has 1 atom stereocenters. The number of carbonyl (C=O) groups excluding carboxylic acids is 2. The number of fused-ring (bicyclic) bond motifs is 3. The fourth-order valence-electron chi connectivity index (χ4n) is 4.38. The lowest BCUT2D eigenvalue weighted by Gasteiger charge is -2.35. The third-order valence-corrected chi connectivity index (χ3v) is 5.56. The first kappa shape index (κ1) is 18.7. The summed E-state index contributed by atoms with van der Waals surface area (Å²) in [4.78, 5) is 27.5. The van der Waals surface area contributed by atoms with Crippen molar-refractivity contribution in [1.82, 2.24) is 15.5 Å². The zero-order valence-electron chi connectivity index (χ0n) is 16.4. The van der Waals surface area contributed by atoms with E-state index in [9.17, 15) is 9.59 Å². The van der Waals surface area contributed by atoms with Crippen molar-refractivity contribution < 1.29 is 9.59 Å². The lowest BCUT2D eigenvalue weighted by atomic mass is 10.0. The van der Waals surface area contributed by atoms with E-state index in [1.807, 2.05) is 24.3 Å². The summed E-state index contributed by atoms with van der Waals surface area (Å²) in [6, 6.07) is 15.8. The van der Waals surface area contributed by atoms with Gasteiger partial charge in [0, 0.05) is 19.6 Å². The Morgan fingerprint density at radius 3 is 2.32 bits per heavy atom. The normalized spacial score (nSPS) is 19.2. The molecule has 2 amide bonds. The van der Waals surface area contributed by atoms with E-state index in [0.717, 1.165) is 24.2 Å². The Balaban J connectivity index is 1.53. The highest BCUT2D eigenvalue weighted by atomic mass is 16.2. The molecule has 1 saturated heterocycles. The summed E-state index contributed by atoms with van der Waals surface area (Å²) in [6.45, 7) is 6.52. The first-order valence-electron chi connectivity index (χ1n) is 10.0. The van der Waals surface area contributed by atoms with Gasteiger partial charge >= 0.3 is 0 Å². The van der Waals surface area contributed by atoms with Crippen LogP contribution in [0.3, 0.4) is 0 Å². The van der Waals surface area contributed by atoms with Gasteiger partial charge in [-0.1, -0.05) is 62.4 Å². The molecule has 1 fully saturated rings. The number of carbonyl (C=O) groups is 2. The van der Waals surface area contributed by atoms with E-state index < -0.39 is 6.04 Å². The van der Waals surface area contributed by atoms with Crippen LogP contribution in [0.1, 0.15) is 37.4 Å². The SMILES string of the molecule is CC(C)CN1CCNC(=O)C1CC(=O)NC1c2ccccc2-c2ccccc21. The highest BCUT2D eigenvalue weighted by Gasteiger charge is 2.34. The van der Waals surface area contributed by atoms with Crippen LogP contribution in [-0.2, 0) is 9.59 Å². The topological polar surface area (TPSA) is 61.4 Å². The van der Waals surface area contributed by atoms with E-state index in [1.165, 1.54) is 11.1 Å². The molecule has 0 spiro atoms. The van der Waals surface area contributed by atoms with Gasteiger partial charge in [-0.05, 0) is 28.2 Å². The third-order valence-electron chi connectivity index (χ3n) is 5.56. The lowest BCUT2D eigenvalue weighted by molar-refractivity contribution is -0.134. The smallest absolute Gasteiger partial charge is 0.237 e. The number of hydrogen-bond acceptors (Lipinski definition) is 3. The van der Waals surface area contributed by atoms with E-state index in [2.05, 4.69) is 53.6 Å². The standard InChI is InChI=1S/C23H27N3O2/c1-15(2)14-26-12-11-24-23(28)20(26)13-21(27)25-22-18-9-5-3-7-16(18)17-8-4-6-10-19(17)22/h3-10,15,20,22H,11-14H2,1-2H3,(H,24,28)(H,25,27). The Morgan fingerprint density at radius 1 is 1.11 bits per heavy atom. The highest BCUT2D eigenvalue weighted by Crippen LogP contribution is 2.43. The Kier molecular flexibility index (Phi) is 5.18. The molecular weight excluding hydrogens is 350 g/mol. The second kappa shape index (κ2) is 7.76. The summed E-state index contributed by atoms with van der Waals surface area (Å²) < 4.78 is 0. The Morgan fingerprint density at radius 2 is 1.71 bits per heavy atom. The Bertz CT molecular complexity index is 847. The van der Waals surface area contributed by atoms with Gasteiger partial charge in [-0.15, -0.1) is 0 Å². The number of nitrogens with zero attached hydrogens (tertiary/aromatic N) is 1. The van der Waals surface area contributed by atoms with Crippen LogP contribution >= 0.6 is 0 Å². The summed E-state index contributed by atoms with van der Waals surface area (Å²) in [7, 11) is 0. The van der Waals surface area contributed by atoms with Gasteiger partial charge in [-0.3, -0.25) is 14.5 Å². The number of benzene rings is 2. The van der Waals surface area contributed by atoms with Gasteiger partial charge in [0.25, 0.3) is 0 Å². The van der Waals surface area contributed by atoms with E-state index in [4.69, 9.17) is 0 Å². The first-order valence-corrected chi connectivity index (χ1v) is 10.0. The molecule has 0 radical (unpaired) electrons. The van der Waals surface area contributed by atoms with E-state index in [1.54, 1.807) is 0 Å². The predicted octanol–water partition coefficient (Wildman–Crippen LogP) is 2.72. The molecule has 5 nitrogen and oxygen atoms in total. The first-order chi connectivity index (χ1) is 13.5. The maximum absolute atomic E-state index is 12.9. The van der Waals surface area contributed by atoms with Crippen LogP contribution in [0.2, 0.25) is 0 Å². The van der Waals surface area contributed by atoms with Crippen molar-refractivity contribution in [2.45, 2.75) is 32.4 Å². The average molecular weight is 377 g/mol. The molecule has 146 valence electrons. The molecule has 28 heavy (non-hydrogen) atoms. The quantitative estimate of drug-likeness (QED) is 0.842. The van der Waals surface area contributed by atoms with Crippen molar-refractivity contribution in [1.29, 1.82) is 0 Å². The van der Waals surface area contributed by atoms with Crippen molar-refractivity contribution in [3.63, 3.8) is 0 Å². The number of piperazine rings is 1.